The third kappa shape index (κ3) is 3.12. The van der Waals surface area contributed by atoms with E-state index >= 15 is 0 Å². The van der Waals surface area contributed by atoms with Crippen LogP contribution < -0.4 is 16.0 Å². The number of carbonyl (C=O) groups excluding carboxylic acids is 2. The van der Waals surface area contributed by atoms with E-state index in [0.717, 1.165) is 24.5 Å². The van der Waals surface area contributed by atoms with E-state index < -0.39 is 0 Å². The van der Waals surface area contributed by atoms with Crippen molar-refractivity contribution in [2.75, 3.05) is 24.6 Å². The molecule has 2 amide bonds. The Morgan fingerprint density at radius 1 is 1.50 bits per heavy atom. The number of hydrogen-bond donors (Lipinski definition) is 3. The smallest absolute Gasteiger partial charge is 0.238 e. The topological polar surface area (TPSA) is 70.2 Å². The summed E-state index contributed by atoms with van der Waals surface area (Å²) >= 11 is 1.80. The highest BCUT2D eigenvalue weighted by molar-refractivity contribution is 7.99. The van der Waals surface area contributed by atoms with Gasteiger partial charge in [0, 0.05) is 37.1 Å². The summed E-state index contributed by atoms with van der Waals surface area (Å²) in [6, 6.07) is 0.0234. The van der Waals surface area contributed by atoms with E-state index in [0.29, 0.717) is 13.0 Å². The number of rotatable bonds is 2. The van der Waals surface area contributed by atoms with Crippen LogP contribution in [-0.4, -0.2) is 48.5 Å². The number of thioether (sulfide) groups is 1. The maximum Gasteiger partial charge on any atom is 0.238 e. The van der Waals surface area contributed by atoms with Gasteiger partial charge in [-0.25, -0.2) is 0 Å². The molecule has 0 aromatic heterocycles. The standard InChI is InChI=1S/C10H17N3O2S/c14-9-2-1-7(5-12-9)13-10(15)8-6-16-4-3-11-8/h7-8,11H,1-6H2,(H,12,14)(H,13,15). The molecule has 2 heterocycles. The quantitative estimate of drug-likeness (QED) is 0.587. The van der Waals surface area contributed by atoms with Crippen molar-refractivity contribution in [2.24, 2.45) is 0 Å². The van der Waals surface area contributed by atoms with Crippen molar-refractivity contribution in [3.63, 3.8) is 0 Å². The highest BCUT2D eigenvalue weighted by atomic mass is 32.2. The van der Waals surface area contributed by atoms with Crippen molar-refractivity contribution in [2.45, 2.75) is 24.9 Å². The van der Waals surface area contributed by atoms with Crippen LogP contribution >= 0.6 is 11.8 Å². The first-order chi connectivity index (χ1) is 7.75. The molecule has 2 unspecified atom stereocenters. The molecule has 0 radical (unpaired) electrons. The summed E-state index contributed by atoms with van der Waals surface area (Å²) in [4.78, 5) is 22.8. The Balaban J connectivity index is 1.75. The van der Waals surface area contributed by atoms with Gasteiger partial charge < -0.3 is 16.0 Å². The van der Waals surface area contributed by atoms with Crippen molar-refractivity contribution < 1.29 is 9.59 Å². The minimum absolute atomic E-state index is 0.0633. The number of carbonyl (C=O) groups is 2. The molecule has 2 rings (SSSR count). The summed E-state index contributed by atoms with van der Waals surface area (Å²) in [7, 11) is 0. The van der Waals surface area contributed by atoms with E-state index in [1.807, 2.05) is 0 Å². The predicted octanol–water partition coefficient (Wildman–Crippen LogP) is -0.914. The zero-order valence-corrected chi connectivity index (χ0v) is 9.94. The number of nitrogens with one attached hydrogen (secondary N) is 3. The van der Waals surface area contributed by atoms with Crippen LogP contribution in [0.3, 0.4) is 0 Å². The molecular formula is C10H17N3O2S. The van der Waals surface area contributed by atoms with Crippen LogP contribution in [0.15, 0.2) is 0 Å². The molecule has 90 valence electrons. The average molecular weight is 243 g/mol. The fraction of sp³-hybridized carbons (Fsp3) is 0.800. The molecule has 2 atom stereocenters. The lowest BCUT2D eigenvalue weighted by Gasteiger charge is -2.27. The Kier molecular flexibility index (Phi) is 4.06. The Morgan fingerprint density at radius 2 is 2.38 bits per heavy atom. The summed E-state index contributed by atoms with van der Waals surface area (Å²) < 4.78 is 0. The van der Waals surface area contributed by atoms with Crippen LogP contribution in [0, 0.1) is 0 Å². The lowest BCUT2D eigenvalue weighted by Crippen LogP contribution is -2.55. The maximum atomic E-state index is 11.8. The highest BCUT2D eigenvalue weighted by Crippen LogP contribution is 2.09. The van der Waals surface area contributed by atoms with E-state index in [4.69, 9.17) is 0 Å². The van der Waals surface area contributed by atoms with Crippen LogP contribution in [0.4, 0.5) is 0 Å². The second kappa shape index (κ2) is 5.54. The lowest BCUT2D eigenvalue weighted by molar-refractivity contribution is -0.126. The molecule has 2 saturated heterocycles. The zero-order valence-electron chi connectivity index (χ0n) is 9.12. The SMILES string of the molecule is O=C1CCC(NC(=O)C2CSCCN2)CN1. The van der Waals surface area contributed by atoms with Gasteiger partial charge in [-0.05, 0) is 6.42 Å². The van der Waals surface area contributed by atoms with Crippen LogP contribution in [-0.2, 0) is 9.59 Å². The summed E-state index contributed by atoms with van der Waals surface area (Å²) in [5.74, 6) is 2.05. The normalized spacial score (nSPS) is 30.6. The molecule has 0 aromatic carbocycles. The van der Waals surface area contributed by atoms with Gasteiger partial charge in [0.15, 0.2) is 0 Å². The monoisotopic (exact) mass is 243 g/mol. The number of amides is 2. The van der Waals surface area contributed by atoms with Gasteiger partial charge in [0.25, 0.3) is 0 Å². The molecule has 2 aliphatic rings. The van der Waals surface area contributed by atoms with Crippen molar-refractivity contribution >= 4 is 23.6 Å². The molecule has 0 aromatic rings. The van der Waals surface area contributed by atoms with Crippen LogP contribution in [0.25, 0.3) is 0 Å². The molecule has 6 heteroatoms. The van der Waals surface area contributed by atoms with E-state index in [1.165, 1.54) is 0 Å². The largest absolute Gasteiger partial charge is 0.354 e. The van der Waals surface area contributed by atoms with E-state index in [1.54, 1.807) is 11.8 Å². The Morgan fingerprint density at radius 3 is 3.00 bits per heavy atom. The van der Waals surface area contributed by atoms with Gasteiger partial charge in [-0.1, -0.05) is 0 Å². The second-order valence-corrected chi connectivity index (χ2v) is 5.28. The van der Waals surface area contributed by atoms with Crippen LogP contribution in [0.1, 0.15) is 12.8 Å². The van der Waals surface area contributed by atoms with Gasteiger partial charge in [-0.3, -0.25) is 9.59 Å². The zero-order chi connectivity index (χ0) is 11.4. The van der Waals surface area contributed by atoms with Gasteiger partial charge in [-0.15, -0.1) is 0 Å². The summed E-state index contributed by atoms with van der Waals surface area (Å²) in [5, 5.41) is 8.94. The van der Waals surface area contributed by atoms with Crippen molar-refractivity contribution in [1.82, 2.24) is 16.0 Å². The average Bonchev–Trinajstić information content (AvgIpc) is 2.33. The molecule has 0 spiro atoms. The van der Waals surface area contributed by atoms with Crippen molar-refractivity contribution in [1.29, 1.82) is 0 Å². The molecule has 2 aliphatic heterocycles. The first kappa shape index (κ1) is 11.7. The Labute approximate surface area is 99.1 Å². The van der Waals surface area contributed by atoms with Gasteiger partial charge in [0.05, 0.1) is 6.04 Å². The minimum Gasteiger partial charge on any atom is -0.354 e. The predicted molar refractivity (Wildman–Crippen MR) is 63.3 cm³/mol. The first-order valence-corrected chi connectivity index (χ1v) is 6.79. The summed E-state index contributed by atoms with van der Waals surface area (Å²) in [6.07, 6.45) is 1.26. The van der Waals surface area contributed by atoms with Crippen molar-refractivity contribution in [3.05, 3.63) is 0 Å². The molecule has 16 heavy (non-hydrogen) atoms. The highest BCUT2D eigenvalue weighted by Gasteiger charge is 2.25. The third-order valence-corrected chi connectivity index (χ3v) is 3.91. The fourth-order valence-electron chi connectivity index (χ4n) is 1.89. The Bertz CT molecular complexity index is 269. The van der Waals surface area contributed by atoms with E-state index in [2.05, 4.69) is 16.0 Å². The number of piperidine rings is 1. The molecular weight excluding hydrogens is 226 g/mol. The van der Waals surface area contributed by atoms with Crippen molar-refractivity contribution in [3.8, 4) is 0 Å². The fourth-order valence-corrected chi connectivity index (χ4v) is 2.83. The van der Waals surface area contributed by atoms with E-state index in [-0.39, 0.29) is 23.9 Å². The minimum atomic E-state index is -0.0728. The number of hydrogen-bond acceptors (Lipinski definition) is 4. The van der Waals surface area contributed by atoms with Gasteiger partial charge in [0.2, 0.25) is 11.8 Å². The molecule has 0 bridgehead atoms. The summed E-state index contributed by atoms with van der Waals surface area (Å²) in [5.41, 5.74) is 0. The molecule has 5 nitrogen and oxygen atoms in total. The van der Waals surface area contributed by atoms with Crippen LogP contribution in [0.5, 0.6) is 0 Å². The summed E-state index contributed by atoms with van der Waals surface area (Å²) in [6.45, 7) is 1.45. The first-order valence-electron chi connectivity index (χ1n) is 5.64. The molecule has 2 fully saturated rings. The lowest BCUT2D eigenvalue weighted by atomic mass is 10.1. The Hall–Kier alpha value is -0.750. The van der Waals surface area contributed by atoms with Gasteiger partial charge in [-0.2, -0.15) is 11.8 Å². The van der Waals surface area contributed by atoms with Gasteiger partial charge in [0.1, 0.15) is 0 Å². The third-order valence-electron chi connectivity index (χ3n) is 2.85. The molecule has 0 saturated carbocycles. The van der Waals surface area contributed by atoms with Crippen LogP contribution in [0.2, 0.25) is 0 Å². The molecule has 3 N–H and O–H groups in total. The second-order valence-electron chi connectivity index (χ2n) is 4.13. The van der Waals surface area contributed by atoms with Gasteiger partial charge >= 0.3 is 0 Å². The van der Waals surface area contributed by atoms with E-state index in [9.17, 15) is 9.59 Å². The maximum absolute atomic E-state index is 11.8. The molecule has 0 aliphatic carbocycles.